The lowest BCUT2D eigenvalue weighted by molar-refractivity contribution is 0.0749. The molecule has 1 aliphatic rings. The molecule has 5 heteroatoms. The van der Waals surface area contributed by atoms with E-state index in [1.54, 1.807) is 4.68 Å². The van der Waals surface area contributed by atoms with E-state index >= 15 is 0 Å². The summed E-state index contributed by atoms with van der Waals surface area (Å²) in [4.78, 5) is 14.5. The third-order valence-electron chi connectivity index (χ3n) is 3.54. The second-order valence-electron chi connectivity index (χ2n) is 4.62. The predicted octanol–water partition coefficient (Wildman–Crippen LogP) is 2.04. The van der Waals surface area contributed by atoms with Gasteiger partial charge in [0.05, 0.1) is 11.3 Å². The van der Waals surface area contributed by atoms with Gasteiger partial charge < -0.3 is 4.90 Å². The van der Waals surface area contributed by atoms with Crippen molar-refractivity contribution in [3.8, 4) is 0 Å². The average molecular weight is 300 g/mol. The predicted molar refractivity (Wildman–Crippen MR) is 70.5 cm³/mol. The minimum absolute atomic E-state index is 0.134. The van der Waals surface area contributed by atoms with Gasteiger partial charge in [0.25, 0.3) is 5.91 Å². The van der Waals surface area contributed by atoms with E-state index in [0.717, 1.165) is 41.7 Å². The van der Waals surface area contributed by atoms with Crippen LogP contribution in [0, 0.1) is 13.8 Å². The summed E-state index contributed by atoms with van der Waals surface area (Å²) in [5, 5.41) is 5.17. The first-order chi connectivity index (χ1) is 8.06. The number of aryl methyl sites for hydroxylation is 2. The van der Waals surface area contributed by atoms with E-state index in [2.05, 4.69) is 21.0 Å². The molecule has 1 atom stereocenters. The zero-order valence-electron chi connectivity index (χ0n) is 10.5. The van der Waals surface area contributed by atoms with Crippen LogP contribution in [0.25, 0.3) is 0 Å². The Bertz CT molecular complexity index is 441. The Hall–Kier alpha value is -0.840. The SMILES string of the molecule is Cc1nn(C)c(C)c1C(=O)N1CCCC1CBr. The van der Waals surface area contributed by atoms with Gasteiger partial charge in [-0.05, 0) is 26.7 Å². The molecule has 0 aromatic carbocycles. The number of aromatic nitrogens is 2. The largest absolute Gasteiger partial charge is 0.335 e. The van der Waals surface area contributed by atoms with Gasteiger partial charge in [0.1, 0.15) is 0 Å². The molecule has 1 unspecified atom stereocenters. The highest BCUT2D eigenvalue weighted by Gasteiger charge is 2.31. The number of likely N-dealkylation sites (tertiary alicyclic amines) is 1. The molecule has 94 valence electrons. The maximum atomic E-state index is 12.5. The summed E-state index contributed by atoms with van der Waals surface area (Å²) in [7, 11) is 1.88. The van der Waals surface area contributed by atoms with Crippen LogP contribution in [0.15, 0.2) is 0 Å². The molecule has 1 amide bonds. The molecule has 0 spiro atoms. The lowest BCUT2D eigenvalue weighted by Crippen LogP contribution is -2.37. The monoisotopic (exact) mass is 299 g/mol. The Morgan fingerprint density at radius 2 is 2.24 bits per heavy atom. The molecule has 17 heavy (non-hydrogen) atoms. The normalized spacial score (nSPS) is 20.0. The zero-order valence-corrected chi connectivity index (χ0v) is 12.1. The summed E-state index contributed by atoms with van der Waals surface area (Å²) in [6, 6.07) is 0.335. The molecule has 0 radical (unpaired) electrons. The highest BCUT2D eigenvalue weighted by atomic mass is 79.9. The van der Waals surface area contributed by atoms with E-state index in [-0.39, 0.29) is 5.91 Å². The molecule has 2 rings (SSSR count). The summed E-state index contributed by atoms with van der Waals surface area (Å²) in [6.45, 7) is 4.72. The number of nitrogens with zero attached hydrogens (tertiary/aromatic N) is 3. The van der Waals surface area contributed by atoms with Crippen molar-refractivity contribution >= 4 is 21.8 Å². The van der Waals surface area contributed by atoms with Gasteiger partial charge in [-0.3, -0.25) is 9.48 Å². The first-order valence-electron chi connectivity index (χ1n) is 5.93. The second kappa shape index (κ2) is 4.80. The molecule has 0 N–H and O–H groups in total. The van der Waals surface area contributed by atoms with Crippen molar-refractivity contribution in [2.24, 2.45) is 7.05 Å². The Kier molecular flexibility index (Phi) is 3.56. The average Bonchev–Trinajstić information content (AvgIpc) is 2.84. The quantitative estimate of drug-likeness (QED) is 0.784. The van der Waals surface area contributed by atoms with Crippen molar-refractivity contribution in [2.75, 3.05) is 11.9 Å². The van der Waals surface area contributed by atoms with Crippen LogP contribution in [0.3, 0.4) is 0 Å². The van der Waals surface area contributed by atoms with Crippen LogP contribution in [0.2, 0.25) is 0 Å². The highest BCUT2D eigenvalue weighted by Crippen LogP contribution is 2.23. The molecule has 1 aromatic heterocycles. The first-order valence-corrected chi connectivity index (χ1v) is 7.05. The number of hydrogen-bond donors (Lipinski definition) is 0. The fraction of sp³-hybridized carbons (Fsp3) is 0.667. The Morgan fingerprint density at radius 3 is 2.76 bits per heavy atom. The van der Waals surface area contributed by atoms with Gasteiger partial charge in [-0.1, -0.05) is 15.9 Å². The molecule has 4 nitrogen and oxygen atoms in total. The summed E-state index contributed by atoms with van der Waals surface area (Å²) in [5.74, 6) is 0.134. The lowest BCUT2D eigenvalue weighted by atomic mass is 10.1. The van der Waals surface area contributed by atoms with Crippen LogP contribution in [0.5, 0.6) is 0 Å². The number of halogens is 1. The van der Waals surface area contributed by atoms with Crippen molar-refractivity contribution in [3.05, 3.63) is 17.0 Å². The van der Waals surface area contributed by atoms with Crippen LogP contribution < -0.4 is 0 Å². The van der Waals surface area contributed by atoms with Crippen LogP contribution in [-0.2, 0) is 7.05 Å². The number of carbonyl (C=O) groups excluding carboxylic acids is 1. The molecule has 2 heterocycles. The molecule has 1 aliphatic heterocycles. The van der Waals surface area contributed by atoms with E-state index in [0.29, 0.717) is 6.04 Å². The Morgan fingerprint density at radius 1 is 1.53 bits per heavy atom. The summed E-state index contributed by atoms with van der Waals surface area (Å²) >= 11 is 3.49. The number of rotatable bonds is 2. The van der Waals surface area contributed by atoms with Crippen molar-refractivity contribution in [2.45, 2.75) is 32.7 Å². The Balaban J connectivity index is 2.31. The lowest BCUT2D eigenvalue weighted by Gasteiger charge is -2.23. The van der Waals surface area contributed by atoms with Gasteiger partial charge in [-0.25, -0.2) is 0 Å². The van der Waals surface area contributed by atoms with Gasteiger partial charge >= 0.3 is 0 Å². The van der Waals surface area contributed by atoms with Crippen LogP contribution in [0.1, 0.15) is 34.6 Å². The smallest absolute Gasteiger partial charge is 0.257 e. The van der Waals surface area contributed by atoms with Crippen LogP contribution >= 0.6 is 15.9 Å². The van der Waals surface area contributed by atoms with Crippen molar-refractivity contribution in [3.63, 3.8) is 0 Å². The van der Waals surface area contributed by atoms with E-state index in [1.165, 1.54) is 0 Å². The van der Waals surface area contributed by atoms with Gasteiger partial charge in [0, 0.05) is 30.7 Å². The van der Waals surface area contributed by atoms with E-state index in [9.17, 15) is 4.79 Å². The van der Waals surface area contributed by atoms with Crippen molar-refractivity contribution < 1.29 is 4.79 Å². The molecule has 1 fully saturated rings. The third kappa shape index (κ3) is 2.12. The Labute approximate surface area is 110 Å². The second-order valence-corrected chi connectivity index (χ2v) is 5.27. The van der Waals surface area contributed by atoms with Gasteiger partial charge in [-0.15, -0.1) is 0 Å². The van der Waals surface area contributed by atoms with Crippen molar-refractivity contribution in [1.29, 1.82) is 0 Å². The molecule has 1 aromatic rings. The minimum atomic E-state index is 0.134. The summed E-state index contributed by atoms with van der Waals surface area (Å²) < 4.78 is 1.78. The van der Waals surface area contributed by atoms with E-state index in [4.69, 9.17) is 0 Å². The van der Waals surface area contributed by atoms with E-state index in [1.807, 2.05) is 25.8 Å². The minimum Gasteiger partial charge on any atom is -0.335 e. The molecule has 1 saturated heterocycles. The molecular weight excluding hydrogens is 282 g/mol. The molecule has 0 bridgehead atoms. The van der Waals surface area contributed by atoms with Gasteiger partial charge in [0.15, 0.2) is 0 Å². The number of amides is 1. The maximum absolute atomic E-state index is 12.5. The zero-order chi connectivity index (χ0) is 12.6. The van der Waals surface area contributed by atoms with Crippen molar-refractivity contribution in [1.82, 2.24) is 14.7 Å². The number of alkyl halides is 1. The third-order valence-corrected chi connectivity index (χ3v) is 4.29. The topological polar surface area (TPSA) is 38.1 Å². The molecule has 0 aliphatic carbocycles. The maximum Gasteiger partial charge on any atom is 0.257 e. The number of hydrogen-bond acceptors (Lipinski definition) is 2. The van der Waals surface area contributed by atoms with E-state index < -0.39 is 0 Å². The fourth-order valence-electron chi connectivity index (χ4n) is 2.49. The summed E-state index contributed by atoms with van der Waals surface area (Å²) in [5.41, 5.74) is 2.56. The van der Waals surface area contributed by atoms with Gasteiger partial charge in [0.2, 0.25) is 0 Å². The molecular formula is C12H18BrN3O. The highest BCUT2D eigenvalue weighted by molar-refractivity contribution is 9.09. The van der Waals surface area contributed by atoms with Crippen LogP contribution in [0.4, 0.5) is 0 Å². The molecule has 0 saturated carbocycles. The van der Waals surface area contributed by atoms with Crippen LogP contribution in [-0.4, -0.2) is 38.5 Å². The number of carbonyl (C=O) groups is 1. The fourth-order valence-corrected chi connectivity index (χ4v) is 3.16. The van der Waals surface area contributed by atoms with Gasteiger partial charge in [-0.2, -0.15) is 5.10 Å². The summed E-state index contributed by atoms with van der Waals surface area (Å²) in [6.07, 6.45) is 2.19. The standard InChI is InChI=1S/C12H18BrN3O/c1-8-11(9(2)15(3)14-8)12(17)16-6-4-5-10(16)7-13/h10H,4-7H2,1-3H3. The first kappa shape index (κ1) is 12.6.